The zero-order valence-corrected chi connectivity index (χ0v) is 10.5. The van der Waals surface area contributed by atoms with Crippen molar-refractivity contribution in [2.75, 3.05) is 7.11 Å². The number of methoxy groups -OCH3 is 1. The first-order chi connectivity index (χ1) is 8.69. The molecule has 2 aromatic rings. The molecule has 0 aliphatic rings. The standard InChI is InChI=1S/C15H15NO2/c1-11(17)9-12-3-8-15(16-10-12)13-4-6-14(18-2)7-5-13/h3-8,10H,9H2,1-2H3. The van der Waals surface area contributed by atoms with Gasteiger partial charge >= 0.3 is 0 Å². The van der Waals surface area contributed by atoms with Crippen LogP contribution in [0.1, 0.15) is 12.5 Å². The summed E-state index contributed by atoms with van der Waals surface area (Å²) in [7, 11) is 1.64. The fraction of sp³-hybridized carbons (Fsp3) is 0.200. The molecule has 1 aromatic carbocycles. The van der Waals surface area contributed by atoms with E-state index in [2.05, 4.69) is 4.98 Å². The minimum Gasteiger partial charge on any atom is -0.497 e. The third-order valence-electron chi connectivity index (χ3n) is 2.66. The number of nitrogens with zero attached hydrogens (tertiary/aromatic N) is 1. The summed E-state index contributed by atoms with van der Waals surface area (Å²) in [5.41, 5.74) is 2.87. The predicted octanol–water partition coefficient (Wildman–Crippen LogP) is 2.89. The lowest BCUT2D eigenvalue weighted by Crippen LogP contribution is -1.97. The van der Waals surface area contributed by atoms with E-state index < -0.39 is 0 Å². The summed E-state index contributed by atoms with van der Waals surface area (Å²) in [6.45, 7) is 1.58. The maximum absolute atomic E-state index is 11.0. The summed E-state index contributed by atoms with van der Waals surface area (Å²) < 4.78 is 5.11. The van der Waals surface area contributed by atoms with Crippen molar-refractivity contribution in [3.05, 3.63) is 48.2 Å². The maximum Gasteiger partial charge on any atom is 0.134 e. The van der Waals surface area contributed by atoms with Gasteiger partial charge in [-0.05, 0) is 42.8 Å². The quantitative estimate of drug-likeness (QED) is 0.826. The van der Waals surface area contributed by atoms with Gasteiger partial charge in [-0.25, -0.2) is 0 Å². The van der Waals surface area contributed by atoms with Gasteiger partial charge in [0.15, 0.2) is 0 Å². The molecule has 0 radical (unpaired) electrons. The highest BCUT2D eigenvalue weighted by Crippen LogP contribution is 2.20. The van der Waals surface area contributed by atoms with Gasteiger partial charge in [-0.2, -0.15) is 0 Å². The van der Waals surface area contributed by atoms with Crippen LogP contribution in [0.2, 0.25) is 0 Å². The first kappa shape index (κ1) is 12.3. The molecule has 0 saturated carbocycles. The highest BCUT2D eigenvalue weighted by atomic mass is 16.5. The van der Waals surface area contributed by atoms with E-state index >= 15 is 0 Å². The number of carbonyl (C=O) groups excluding carboxylic acids is 1. The Kier molecular flexibility index (Phi) is 3.72. The molecule has 0 unspecified atom stereocenters. The van der Waals surface area contributed by atoms with Crippen LogP contribution in [0.15, 0.2) is 42.6 Å². The highest BCUT2D eigenvalue weighted by Gasteiger charge is 2.02. The van der Waals surface area contributed by atoms with Gasteiger partial charge < -0.3 is 4.74 Å². The number of pyridine rings is 1. The van der Waals surface area contributed by atoms with Crippen molar-refractivity contribution < 1.29 is 9.53 Å². The number of ether oxygens (including phenoxy) is 1. The van der Waals surface area contributed by atoms with Crippen LogP contribution in [0, 0.1) is 0 Å². The number of Topliss-reactive ketones (excluding diaryl/α,β-unsaturated/α-hetero) is 1. The molecule has 2 rings (SSSR count). The first-order valence-corrected chi connectivity index (χ1v) is 5.78. The van der Waals surface area contributed by atoms with E-state index in [0.29, 0.717) is 6.42 Å². The van der Waals surface area contributed by atoms with Crippen LogP contribution >= 0.6 is 0 Å². The lowest BCUT2D eigenvalue weighted by Gasteiger charge is -2.04. The summed E-state index contributed by atoms with van der Waals surface area (Å²) >= 11 is 0. The van der Waals surface area contributed by atoms with Crippen molar-refractivity contribution in [3.8, 4) is 17.0 Å². The van der Waals surface area contributed by atoms with Crippen molar-refractivity contribution in [2.24, 2.45) is 0 Å². The number of aromatic nitrogens is 1. The molecule has 0 aliphatic carbocycles. The van der Waals surface area contributed by atoms with Crippen molar-refractivity contribution in [3.63, 3.8) is 0 Å². The molecule has 0 spiro atoms. The van der Waals surface area contributed by atoms with Crippen LogP contribution in [0.25, 0.3) is 11.3 Å². The number of carbonyl (C=O) groups is 1. The molecule has 0 bridgehead atoms. The van der Waals surface area contributed by atoms with E-state index in [1.807, 2.05) is 36.4 Å². The second kappa shape index (κ2) is 5.45. The summed E-state index contributed by atoms with van der Waals surface area (Å²) in [4.78, 5) is 15.4. The van der Waals surface area contributed by atoms with Crippen LogP contribution in [0.5, 0.6) is 5.75 Å². The van der Waals surface area contributed by atoms with Crippen LogP contribution in [0.3, 0.4) is 0 Å². The Balaban J connectivity index is 2.20. The molecular formula is C15H15NO2. The van der Waals surface area contributed by atoms with Crippen molar-refractivity contribution >= 4 is 5.78 Å². The summed E-state index contributed by atoms with van der Waals surface area (Å²) in [5, 5.41) is 0. The van der Waals surface area contributed by atoms with E-state index in [-0.39, 0.29) is 5.78 Å². The van der Waals surface area contributed by atoms with Crippen LogP contribution in [-0.2, 0) is 11.2 Å². The molecule has 0 saturated heterocycles. The summed E-state index contributed by atoms with van der Waals surface area (Å²) in [5.74, 6) is 0.973. The lowest BCUT2D eigenvalue weighted by atomic mass is 10.1. The Bertz CT molecular complexity index is 529. The molecule has 1 heterocycles. The van der Waals surface area contributed by atoms with Gasteiger partial charge in [-0.3, -0.25) is 9.78 Å². The van der Waals surface area contributed by atoms with Crippen molar-refractivity contribution in [2.45, 2.75) is 13.3 Å². The van der Waals surface area contributed by atoms with Gasteiger partial charge in [0.1, 0.15) is 11.5 Å². The minimum atomic E-state index is 0.147. The Morgan fingerprint density at radius 1 is 1.17 bits per heavy atom. The van der Waals surface area contributed by atoms with E-state index in [9.17, 15) is 4.79 Å². The zero-order valence-electron chi connectivity index (χ0n) is 10.5. The molecule has 0 N–H and O–H groups in total. The maximum atomic E-state index is 11.0. The number of ketones is 1. The average molecular weight is 241 g/mol. The molecule has 18 heavy (non-hydrogen) atoms. The second-order valence-electron chi connectivity index (χ2n) is 4.16. The van der Waals surface area contributed by atoms with E-state index in [0.717, 1.165) is 22.6 Å². The van der Waals surface area contributed by atoms with Crippen molar-refractivity contribution in [1.82, 2.24) is 4.98 Å². The van der Waals surface area contributed by atoms with Gasteiger partial charge in [-0.15, -0.1) is 0 Å². The van der Waals surface area contributed by atoms with Crippen molar-refractivity contribution in [1.29, 1.82) is 0 Å². The smallest absolute Gasteiger partial charge is 0.134 e. The summed E-state index contributed by atoms with van der Waals surface area (Å²) in [6, 6.07) is 11.6. The largest absolute Gasteiger partial charge is 0.497 e. The summed E-state index contributed by atoms with van der Waals surface area (Å²) in [6.07, 6.45) is 2.19. The number of benzene rings is 1. The lowest BCUT2D eigenvalue weighted by molar-refractivity contribution is -0.116. The molecule has 0 aliphatic heterocycles. The van der Waals surface area contributed by atoms with E-state index in [1.165, 1.54) is 0 Å². The van der Waals surface area contributed by atoms with Gasteiger partial charge in [0.25, 0.3) is 0 Å². The monoisotopic (exact) mass is 241 g/mol. The predicted molar refractivity (Wildman–Crippen MR) is 70.6 cm³/mol. The fourth-order valence-corrected chi connectivity index (χ4v) is 1.75. The number of hydrogen-bond acceptors (Lipinski definition) is 3. The molecule has 3 nitrogen and oxygen atoms in total. The molecule has 0 fully saturated rings. The highest BCUT2D eigenvalue weighted by molar-refractivity contribution is 5.78. The fourth-order valence-electron chi connectivity index (χ4n) is 1.75. The zero-order chi connectivity index (χ0) is 13.0. The molecule has 0 atom stereocenters. The number of hydrogen-bond donors (Lipinski definition) is 0. The Morgan fingerprint density at radius 3 is 2.39 bits per heavy atom. The topological polar surface area (TPSA) is 39.2 Å². The van der Waals surface area contributed by atoms with Crippen LogP contribution < -0.4 is 4.74 Å². The molecule has 92 valence electrons. The van der Waals surface area contributed by atoms with Gasteiger partial charge in [-0.1, -0.05) is 6.07 Å². The normalized spacial score (nSPS) is 10.1. The van der Waals surface area contributed by atoms with Gasteiger partial charge in [0, 0.05) is 18.2 Å². The Morgan fingerprint density at radius 2 is 1.89 bits per heavy atom. The third-order valence-corrected chi connectivity index (χ3v) is 2.66. The van der Waals surface area contributed by atoms with E-state index in [1.54, 1.807) is 20.2 Å². The van der Waals surface area contributed by atoms with Gasteiger partial charge in [0.2, 0.25) is 0 Å². The van der Waals surface area contributed by atoms with Gasteiger partial charge in [0.05, 0.1) is 12.8 Å². The molecule has 3 heteroatoms. The Labute approximate surface area is 106 Å². The first-order valence-electron chi connectivity index (χ1n) is 5.78. The van der Waals surface area contributed by atoms with Crippen LogP contribution in [-0.4, -0.2) is 17.9 Å². The number of rotatable bonds is 4. The van der Waals surface area contributed by atoms with Crippen LogP contribution in [0.4, 0.5) is 0 Å². The molecule has 1 aromatic heterocycles. The SMILES string of the molecule is COc1ccc(-c2ccc(CC(C)=O)cn2)cc1. The average Bonchev–Trinajstić information content (AvgIpc) is 2.39. The molecule has 0 amide bonds. The van der Waals surface area contributed by atoms with E-state index in [4.69, 9.17) is 4.74 Å². The second-order valence-corrected chi connectivity index (χ2v) is 4.16. The molecular weight excluding hydrogens is 226 g/mol. The Hall–Kier alpha value is -2.16. The third kappa shape index (κ3) is 2.94. The minimum absolute atomic E-state index is 0.147.